The van der Waals surface area contributed by atoms with Crippen LogP contribution in [0, 0.1) is 0 Å². The minimum atomic E-state index is -0.328. The minimum Gasteiger partial charge on any atom is -0.493 e. The van der Waals surface area contributed by atoms with Gasteiger partial charge in [0.05, 0.1) is 38.1 Å². The summed E-state index contributed by atoms with van der Waals surface area (Å²) < 4.78 is 18.1. The van der Waals surface area contributed by atoms with Gasteiger partial charge in [0, 0.05) is 17.1 Å². The van der Waals surface area contributed by atoms with Crippen molar-refractivity contribution in [3.05, 3.63) is 72.4 Å². The van der Waals surface area contributed by atoms with Gasteiger partial charge in [0.25, 0.3) is 5.91 Å². The Morgan fingerprint density at radius 3 is 2.35 bits per heavy atom. The number of pyridine rings is 2. The molecule has 3 aromatic heterocycles. The third-order valence-corrected chi connectivity index (χ3v) is 5.46. The van der Waals surface area contributed by atoms with Crippen LogP contribution in [0.1, 0.15) is 10.4 Å². The largest absolute Gasteiger partial charge is 0.493 e. The van der Waals surface area contributed by atoms with Crippen molar-refractivity contribution >= 4 is 28.4 Å². The lowest BCUT2D eigenvalue weighted by Gasteiger charge is -2.15. The first-order valence-corrected chi connectivity index (χ1v) is 10.4. The summed E-state index contributed by atoms with van der Waals surface area (Å²) in [5.74, 6) is 1.47. The van der Waals surface area contributed by atoms with E-state index in [0.29, 0.717) is 56.6 Å². The number of carbonyl (C=O) groups is 1. The van der Waals surface area contributed by atoms with Gasteiger partial charge in [-0.25, -0.2) is 4.98 Å². The molecule has 0 bridgehead atoms. The van der Waals surface area contributed by atoms with Crippen molar-refractivity contribution in [2.24, 2.45) is 0 Å². The van der Waals surface area contributed by atoms with Crippen molar-refractivity contribution in [2.75, 3.05) is 26.6 Å². The third kappa shape index (κ3) is 3.62. The van der Waals surface area contributed by atoms with Crippen molar-refractivity contribution in [1.82, 2.24) is 19.6 Å². The average molecular weight is 455 g/mol. The average Bonchev–Trinajstić information content (AvgIpc) is 3.29. The molecule has 0 radical (unpaired) electrons. The molecule has 0 saturated heterocycles. The molecule has 0 aliphatic heterocycles. The number of ether oxygens (including phenoxy) is 3. The Balaban J connectivity index is 1.63. The first-order valence-electron chi connectivity index (χ1n) is 10.4. The summed E-state index contributed by atoms with van der Waals surface area (Å²) in [6.45, 7) is 0. The van der Waals surface area contributed by atoms with Crippen molar-refractivity contribution in [1.29, 1.82) is 0 Å². The molecule has 0 unspecified atom stereocenters. The van der Waals surface area contributed by atoms with Crippen LogP contribution in [0.25, 0.3) is 27.8 Å². The molecule has 5 rings (SSSR count). The van der Waals surface area contributed by atoms with Gasteiger partial charge in [-0.3, -0.25) is 14.5 Å². The fourth-order valence-corrected chi connectivity index (χ4v) is 3.84. The van der Waals surface area contributed by atoms with Crippen LogP contribution >= 0.6 is 0 Å². The number of amides is 1. The van der Waals surface area contributed by atoms with E-state index in [2.05, 4.69) is 15.5 Å². The van der Waals surface area contributed by atoms with Gasteiger partial charge in [-0.1, -0.05) is 24.3 Å². The number of rotatable bonds is 6. The zero-order valence-electron chi connectivity index (χ0n) is 18.8. The van der Waals surface area contributed by atoms with E-state index in [-0.39, 0.29) is 5.91 Å². The second-order valence-corrected chi connectivity index (χ2v) is 7.39. The summed E-state index contributed by atoms with van der Waals surface area (Å²) in [5.41, 5.74) is 3.04. The van der Waals surface area contributed by atoms with Crippen LogP contribution in [0.2, 0.25) is 0 Å². The first-order chi connectivity index (χ1) is 16.6. The van der Waals surface area contributed by atoms with Gasteiger partial charge in [0.15, 0.2) is 17.1 Å². The lowest BCUT2D eigenvalue weighted by atomic mass is 10.0. The number of benzene rings is 2. The molecule has 0 fully saturated rings. The van der Waals surface area contributed by atoms with Gasteiger partial charge in [-0.15, -0.1) is 10.2 Å². The molecule has 170 valence electrons. The van der Waals surface area contributed by atoms with E-state index in [1.165, 1.54) is 0 Å². The SMILES string of the molecule is COc1cc(-c2cc(C(=O)Nc3nnc4ccccn34)c3ccccc3n2)cc(OC)c1OC. The van der Waals surface area contributed by atoms with E-state index >= 15 is 0 Å². The number of aromatic nitrogens is 4. The zero-order valence-corrected chi connectivity index (χ0v) is 18.8. The van der Waals surface area contributed by atoms with Gasteiger partial charge >= 0.3 is 0 Å². The molecule has 9 heteroatoms. The maximum Gasteiger partial charge on any atom is 0.258 e. The highest BCUT2D eigenvalue weighted by Crippen LogP contribution is 2.41. The number of hydrogen-bond donors (Lipinski definition) is 1. The van der Waals surface area contributed by atoms with E-state index in [1.54, 1.807) is 50.1 Å². The molecule has 1 N–H and O–H groups in total. The summed E-state index contributed by atoms with van der Waals surface area (Å²) >= 11 is 0. The monoisotopic (exact) mass is 455 g/mol. The van der Waals surface area contributed by atoms with Crippen LogP contribution in [0.3, 0.4) is 0 Å². The molecule has 3 heterocycles. The standard InChI is InChI=1S/C25H21N5O4/c1-32-20-12-15(13-21(33-2)23(20)34-3)19-14-17(16-8-4-5-9-18(16)26-19)24(31)27-25-29-28-22-10-6-7-11-30(22)25/h4-14H,1-3H3,(H,27,29,31). The summed E-state index contributed by atoms with van der Waals surface area (Å²) in [6, 6.07) is 18.3. The van der Waals surface area contributed by atoms with E-state index in [4.69, 9.17) is 19.2 Å². The molecule has 5 aromatic rings. The molecule has 2 aromatic carbocycles. The maximum absolute atomic E-state index is 13.4. The van der Waals surface area contributed by atoms with Crippen LogP contribution in [0.5, 0.6) is 17.2 Å². The molecule has 9 nitrogen and oxygen atoms in total. The number of anilines is 1. The predicted molar refractivity (Wildman–Crippen MR) is 128 cm³/mol. The Kier molecular flexibility index (Phi) is 5.43. The van der Waals surface area contributed by atoms with E-state index < -0.39 is 0 Å². The zero-order chi connectivity index (χ0) is 23.7. The number of para-hydroxylation sites is 1. The summed E-state index contributed by atoms with van der Waals surface area (Å²) in [5, 5.41) is 11.8. The number of methoxy groups -OCH3 is 3. The molecular weight excluding hydrogens is 434 g/mol. The number of nitrogens with zero attached hydrogens (tertiary/aromatic N) is 4. The number of fused-ring (bicyclic) bond motifs is 2. The topological polar surface area (TPSA) is 99.9 Å². The number of nitrogens with one attached hydrogen (secondary N) is 1. The minimum absolute atomic E-state index is 0.328. The Bertz CT molecular complexity index is 1500. The highest BCUT2D eigenvalue weighted by atomic mass is 16.5. The van der Waals surface area contributed by atoms with Crippen LogP contribution in [-0.2, 0) is 0 Å². The van der Waals surface area contributed by atoms with Gasteiger partial charge in [0.2, 0.25) is 11.7 Å². The van der Waals surface area contributed by atoms with Gasteiger partial charge in [-0.05, 0) is 36.4 Å². The molecule has 0 saturated carbocycles. The van der Waals surface area contributed by atoms with Crippen molar-refractivity contribution in [3.8, 4) is 28.5 Å². The quantitative estimate of drug-likeness (QED) is 0.409. The predicted octanol–water partition coefficient (Wildman–Crippen LogP) is 4.22. The van der Waals surface area contributed by atoms with E-state index in [0.717, 1.165) is 0 Å². The first kappa shape index (κ1) is 21.2. The molecule has 34 heavy (non-hydrogen) atoms. The highest BCUT2D eigenvalue weighted by Gasteiger charge is 2.19. The second kappa shape index (κ2) is 8.70. The molecule has 0 aliphatic rings. The smallest absolute Gasteiger partial charge is 0.258 e. The van der Waals surface area contributed by atoms with Crippen molar-refractivity contribution in [2.45, 2.75) is 0 Å². The lowest BCUT2D eigenvalue weighted by Crippen LogP contribution is -2.15. The fourth-order valence-electron chi connectivity index (χ4n) is 3.84. The Hall–Kier alpha value is -4.66. The third-order valence-electron chi connectivity index (χ3n) is 5.46. The fraction of sp³-hybridized carbons (Fsp3) is 0.120. The van der Waals surface area contributed by atoms with Gasteiger partial charge in [0.1, 0.15) is 0 Å². The summed E-state index contributed by atoms with van der Waals surface area (Å²) in [4.78, 5) is 18.2. The molecular formula is C25H21N5O4. The Morgan fingerprint density at radius 1 is 0.882 bits per heavy atom. The van der Waals surface area contributed by atoms with Crippen LogP contribution in [-0.4, -0.2) is 46.8 Å². The van der Waals surface area contributed by atoms with Crippen LogP contribution in [0.15, 0.2) is 66.9 Å². The van der Waals surface area contributed by atoms with E-state index in [9.17, 15) is 4.79 Å². The highest BCUT2D eigenvalue weighted by molar-refractivity contribution is 6.12. The van der Waals surface area contributed by atoms with Gasteiger partial charge in [-0.2, -0.15) is 0 Å². The maximum atomic E-state index is 13.4. The molecule has 0 atom stereocenters. The van der Waals surface area contributed by atoms with E-state index in [1.807, 2.05) is 42.5 Å². The number of hydrogen-bond acceptors (Lipinski definition) is 7. The molecule has 0 aliphatic carbocycles. The normalized spacial score (nSPS) is 10.9. The summed E-state index contributed by atoms with van der Waals surface area (Å²) in [6.07, 6.45) is 1.79. The second-order valence-electron chi connectivity index (χ2n) is 7.39. The van der Waals surface area contributed by atoms with Gasteiger partial charge < -0.3 is 14.2 Å². The van der Waals surface area contributed by atoms with Crippen molar-refractivity contribution < 1.29 is 19.0 Å². The summed E-state index contributed by atoms with van der Waals surface area (Å²) in [7, 11) is 4.65. The number of carbonyl (C=O) groups excluding carboxylic acids is 1. The Labute approximate surface area is 194 Å². The molecule has 0 spiro atoms. The lowest BCUT2D eigenvalue weighted by molar-refractivity contribution is 0.102. The molecule has 1 amide bonds. The van der Waals surface area contributed by atoms with Crippen LogP contribution < -0.4 is 19.5 Å². The Morgan fingerprint density at radius 2 is 1.62 bits per heavy atom. The van der Waals surface area contributed by atoms with Crippen molar-refractivity contribution in [3.63, 3.8) is 0 Å². The van der Waals surface area contributed by atoms with Crippen LogP contribution in [0.4, 0.5) is 5.95 Å².